The van der Waals surface area contributed by atoms with Gasteiger partial charge in [0, 0.05) is 11.4 Å². The molecule has 1 aliphatic carbocycles. The monoisotopic (exact) mass is 440 g/mol. The second-order valence-electron chi connectivity index (χ2n) is 7.80. The number of aromatic nitrogens is 2. The molecule has 1 heterocycles. The average Bonchev–Trinajstić information content (AvgIpc) is 3.59. The Balaban J connectivity index is 1.49. The summed E-state index contributed by atoms with van der Waals surface area (Å²) in [4.78, 5) is 8.53. The molecule has 0 unspecified atom stereocenters. The molecule has 162 valence electrons. The van der Waals surface area contributed by atoms with Crippen molar-refractivity contribution >= 4 is 33.0 Å². The number of hydrogen-bond acceptors (Lipinski definition) is 6. The van der Waals surface area contributed by atoms with Gasteiger partial charge in [-0.1, -0.05) is 19.4 Å². The van der Waals surface area contributed by atoms with Gasteiger partial charge in [-0.25, -0.2) is 17.8 Å². The fraction of sp³-hybridized carbons (Fsp3) is 0.304. The Morgan fingerprint density at radius 2 is 1.77 bits per heavy atom. The molecule has 0 radical (unpaired) electrons. The van der Waals surface area contributed by atoms with Crippen LogP contribution in [0.15, 0.2) is 53.6 Å². The molecule has 0 spiro atoms. The Morgan fingerprint density at radius 1 is 1.06 bits per heavy atom. The second kappa shape index (κ2) is 8.63. The molecule has 0 amide bonds. The smallest absolute Gasteiger partial charge is 0.229 e. The maximum Gasteiger partial charge on any atom is 0.229 e. The van der Waals surface area contributed by atoms with Crippen molar-refractivity contribution in [1.29, 1.82) is 0 Å². The van der Waals surface area contributed by atoms with E-state index in [2.05, 4.69) is 27.5 Å². The van der Waals surface area contributed by atoms with Crippen LogP contribution in [-0.4, -0.2) is 23.6 Å². The first kappa shape index (κ1) is 21.2. The summed E-state index contributed by atoms with van der Waals surface area (Å²) in [5, 5.41) is 5.76. The fourth-order valence-corrected chi connectivity index (χ4v) is 5.06. The van der Waals surface area contributed by atoms with Gasteiger partial charge < -0.3 is 10.6 Å². The van der Waals surface area contributed by atoms with Gasteiger partial charge >= 0.3 is 0 Å². The molecule has 8 heteroatoms. The molecule has 1 saturated carbocycles. The molecular weight excluding hydrogens is 415 g/mol. The molecule has 0 atom stereocenters. The molecule has 1 aromatic heterocycles. The first-order valence-electron chi connectivity index (χ1n) is 10.4. The summed E-state index contributed by atoms with van der Waals surface area (Å²) in [7, 11) is -3.23. The minimum Gasteiger partial charge on any atom is -0.338 e. The molecule has 2 N–H and O–H groups in total. The van der Waals surface area contributed by atoms with E-state index in [9.17, 15) is 12.8 Å². The SMILES string of the molecule is CCCc1ccc(Nc2nc(Nc3ccc(S(=O)(=O)C4CC4)cc3)ncc2F)cc1C. The molecule has 31 heavy (non-hydrogen) atoms. The number of hydrogen-bond donors (Lipinski definition) is 2. The Bertz CT molecular complexity index is 1190. The average molecular weight is 441 g/mol. The van der Waals surface area contributed by atoms with Gasteiger partial charge in [-0.15, -0.1) is 0 Å². The maximum absolute atomic E-state index is 14.3. The number of anilines is 4. The van der Waals surface area contributed by atoms with Crippen molar-refractivity contribution in [2.24, 2.45) is 0 Å². The largest absolute Gasteiger partial charge is 0.338 e. The highest BCUT2D eigenvalue weighted by atomic mass is 32.2. The van der Waals surface area contributed by atoms with Gasteiger partial charge in [0.25, 0.3) is 0 Å². The summed E-state index contributed by atoms with van der Waals surface area (Å²) in [6, 6.07) is 12.4. The van der Waals surface area contributed by atoms with Crippen LogP contribution in [0.2, 0.25) is 0 Å². The van der Waals surface area contributed by atoms with Crippen molar-refractivity contribution in [2.45, 2.75) is 49.7 Å². The van der Waals surface area contributed by atoms with Crippen molar-refractivity contribution in [1.82, 2.24) is 9.97 Å². The van der Waals surface area contributed by atoms with E-state index in [0.29, 0.717) is 10.6 Å². The highest BCUT2D eigenvalue weighted by Gasteiger charge is 2.36. The number of aryl methyl sites for hydroxylation is 2. The van der Waals surface area contributed by atoms with Crippen LogP contribution in [0.1, 0.15) is 37.3 Å². The molecule has 2 aromatic carbocycles. The number of nitrogens with zero attached hydrogens (tertiary/aromatic N) is 2. The number of benzene rings is 2. The Kier molecular flexibility index (Phi) is 5.91. The van der Waals surface area contributed by atoms with Gasteiger partial charge in [0.2, 0.25) is 5.95 Å². The van der Waals surface area contributed by atoms with Crippen LogP contribution in [0.3, 0.4) is 0 Å². The van der Waals surface area contributed by atoms with E-state index in [-0.39, 0.29) is 17.0 Å². The van der Waals surface area contributed by atoms with Crippen LogP contribution < -0.4 is 10.6 Å². The zero-order valence-corrected chi connectivity index (χ0v) is 18.3. The fourth-order valence-electron chi connectivity index (χ4n) is 3.40. The third-order valence-corrected chi connectivity index (χ3v) is 7.55. The first-order chi connectivity index (χ1) is 14.9. The number of sulfone groups is 1. The molecular formula is C23H25FN4O2S. The summed E-state index contributed by atoms with van der Waals surface area (Å²) in [6.07, 6.45) is 4.62. The summed E-state index contributed by atoms with van der Waals surface area (Å²) in [6.45, 7) is 4.17. The van der Waals surface area contributed by atoms with Gasteiger partial charge in [-0.05, 0) is 73.7 Å². The lowest BCUT2D eigenvalue weighted by molar-refractivity contribution is 0.595. The van der Waals surface area contributed by atoms with Gasteiger partial charge in [0.15, 0.2) is 21.5 Å². The molecule has 0 bridgehead atoms. The van der Waals surface area contributed by atoms with Gasteiger partial charge in [0.05, 0.1) is 16.3 Å². The maximum atomic E-state index is 14.3. The lowest BCUT2D eigenvalue weighted by Crippen LogP contribution is -2.07. The summed E-state index contributed by atoms with van der Waals surface area (Å²) in [5.41, 5.74) is 3.77. The Hall–Kier alpha value is -3.00. The minimum atomic E-state index is -3.23. The van der Waals surface area contributed by atoms with E-state index in [4.69, 9.17) is 0 Å². The molecule has 0 aliphatic heterocycles. The lowest BCUT2D eigenvalue weighted by Gasteiger charge is -2.12. The number of nitrogens with one attached hydrogen (secondary N) is 2. The highest BCUT2D eigenvalue weighted by Crippen LogP contribution is 2.34. The predicted molar refractivity (Wildman–Crippen MR) is 120 cm³/mol. The minimum absolute atomic E-state index is 0.0630. The third-order valence-electron chi connectivity index (χ3n) is 5.27. The van der Waals surface area contributed by atoms with E-state index in [1.54, 1.807) is 24.3 Å². The van der Waals surface area contributed by atoms with Crippen LogP contribution in [0.4, 0.5) is 27.5 Å². The molecule has 3 aromatic rings. The van der Waals surface area contributed by atoms with E-state index in [0.717, 1.165) is 43.1 Å². The standard InChI is InChI=1S/C23H25FN4O2S/c1-3-4-16-5-6-18(13-15(16)2)26-22-21(24)14-25-23(28-22)27-17-7-9-19(10-8-17)31(29,30)20-11-12-20/h5-10,13-14,20H,3-4,11-12H2,1-2H3,(H2,25,26,27,28). The third kappa shape index (κ3) is 4.85. The summed E-state index contributed by atoms with van der Waals surface area (Å²) in [5.74, 6) is -0.291. The normalized spacial score (nSPS) is 13.8. The van der Waals surface area contributed by atoms with Crippen molar-refractivity contribution in [2.75, 3.05) is 10.6 Å². The topological polar surface area (TPSA) is 84.0 Å². The van der Waals surface area contributed by atoms with E-state index >= 15 is 0 Å². The Labute approximate surface area is 181 Å². The highest BCUT2D eigenvalue weighted by molar-refractivity contribution is 7.92. The summed E-state index contributed by atoms with van der Waals surface area (Å²) < 4.78 is 38.9. The lowest BCUT2D eigenvalue weighted by atomic mass is 10.0. The van der Waals surface area contributed by atoms with E-state index < -0.39 is 15.7 Å². The Morgan fingerprint density at radius 3 is 2.42 bits per heavy atom. The van der Waals surface area contributed by atoms with Crippen LogP contribution in [0, 0.1) is 12.7 Å². The van der Waals surface area contributed by atoms with Crippen LogP contribution in [0.5, 0.6) is 0 Å². The quantitative estimate of drug-likeness (QED) is 0.494. The molecule has 0 saturated heterocycles. The van der Waals surface area contributed by atoms with Crippen molar-refractivity contribution in [3.05, 3.63) is 65.6 Å². The van der Waals surface area contributed by atoms with Gasteiger partial charge in [0.1, 0.15) is 0 Å². The van der Waals surface area contributed by atoms with E-state index in [1.807, 2.05) is 25.1 Å². The number of rotatable bonds is 8. The van der Waals surface area contributed by atoms with Crippen LogP contribution in [0.25, 0.3) is 0 Å². The molecule has 4 rings (SSSR count). The zero-order chi connectivity index (χ0) is 22.0. The van der Waals surface area contributed by atoms with E-state index in [1.165, 1.54) is 5.56 Å². The summed E-state index contributed by atoms with van der Waals surface area (Å²) >= 11 is 0. The second-order valence-corrected chi connectivity index (χ2v) is 10.0. The van der Waals surface area contributed by atoms with Crippen molar-refractivity contribution < 1.29 is 12.8 Å². The van der Waals surface area contributed by atoms with Crippen molar-refractivity contribution in [3.8, 4) is 0 Å². The zero-order valence-electron chi connectivity index (χ0n) is 17.5. The van der Waals surface area contributed by atoms with Gasteiger partial charge in [-0.3, -0.25) is 0 Å². The molecule has 1 aliphatic rings. The first-order valence-corrected chi connectivity index (χ1v) is 11.9. The van der Waals surface area contributed by atoms with Crippen molar-refractivity contribution in [3.63, 3.8) is 0 Å². The predicted octanol–water partition coefficient (Wildman–Crippen LogP) is 5.30. The number of halogens is 1. The van der Waals surface area contributed by atoms with Crippen LogP contribution >= 0.6 is 0 Å². The molecule has 6 nitrogen and oxygen atoms in total. The molecule has 1 fully saturated rings. The van der Waals surface area contributed by atoms with Crippen LogP contribution in [-0.2, 0) is 16.3 Å². The van der Waals surface area contributed by atoms with Gasteiger partial charge in [-0.2, -0.15) is 4.98 Å².